The molecule has 0 bridgehead atoms. The summed E-state index contributed by atoms with van der Waals surface area (Å²) in [6, 6.07) is 3.89. The lowest BCUT2D eigenvalue weighted by Gasteiger charge is -2.27. The summed E-state index contributed by atoms with van der Waals surface area (Å²) in [6.45, 7) is 4.03. The maximum Gasteiger partial charge on any atom is 0.264 e. The minimum absolute atomic E-state index is 0.0722. The van der Waals surface area contributed by atoms with E-state index in [9.17, 15) is 24.0 Å². The van der Waals surface area contributed by atoms with Gasteiger partial charge >= 0.3 is 0 Å². The number of carbonyl (C=O) groups is 5. The van der Waals surface area contributed by atoms with Gasteiger partial charge in [-0.2, -0.15) is 0 Å². The van der Waals surface area contributed by atoms with Crippen molar-refractivity contribution < 1.29 is 28.7 Å². The van der Waals surface area contributed by atoms with E-state index in [0.717, 1.165) is 18.0 Å². The van der Waals surface area contributed by atoms with Crippen molar-refractivity contribution in [1.29, 1.82) is 0 Å². The van der Waals surface area contributed by atoms with Gasteiger partial charge in [0.25, 0.3) is 11.8 Å². The molecule has 0 radical (unpaired) electrons. The Morgan fingerprint density at radius 1 is 1.09 bits per heavy atom. The number of nitrogens with zero attached hydrogens (tertiary/aromatic N) is 2. The average molecular weight is 457 g/mol. The second-order valence-corrected chi connectivity index (χ2v) is 8.10. The molecular weight excluding hydrogens is 430 g/mol. The Kier molecular flexibility index (Phi) is 6.99. The van der Waals surface area contributed by atoms with Crippen LogP contribution in [0.3, 0.4) is 0 Å². The molecule has 4 rings (SSSR count). The van der Waals surface area contributed by atoms with Gasteiger partial charge in [0, 0.05) is 44.8 Å². The average Bonchev–Trinajstić information content (AvgIpc) is 3.07. The van der Waals surface area contributed by atoms with Gasteiger partial charge < -0.3 is 20.3 Å². The molecule has 2 saturated heterocycles. The number of hydrogen-bond acceptors (Lipinski definition) is 8. The van der Waals surface area contributed by atoms with Crippen molar-refractivity contribution in [3.63, 3.8) is 0 Å². The van der Waals surface area contributed by atoms with Gasteiger partial charge in [-0.15, -0.1) is 0 Å². The highest BCUT2D eigenvalue weighted by Gasteiger charge is 2.45. The first-order chi connectivity index (χ1) is 16.0. The molecular formula is C22H27N5O6. The zero-order valence-electron chi connectivity index (χ0n) is 18.2. The van der Waals surface area contributed by atoms with E-state index >= 15 is 0 Å². The van der Waals surface area contributed by atoms with Crippen molar-refractivity contribution in [3.8, 4) is 0 Å². The number of carbonyl (C=O) groups excluding carboxylic acids is 5. The first-order valence-electron chi connectivity index (χ1n) is 11.1. The summed E-state index contributed by atoms with van der Waals surface area (Å²) in [5, 5.41) is 8.49. The third-order valence-corrected chi connectivity index (χ3v) is 5.96. The van der Waals surface area contributed by atoms with Crippen molar-refractivity contribution in [1.82, 2.24) is 20.4 Å². The predicted molar refractivity (Wildman–Crippen MR) is 116 cm³/mol. The molecule has 1 aromatic rings. The Morgan fingerprint density at radius 3 is 2.64 bits per heavy atom. The molecule has 1 unspecified atom stereocenters. The molecule has 176 valence electrons. The molecule has 5 amide bonds. The fourth-order valence-corrected chi connectivity index (χ4v) is 4.25. The lowest BCUT2D eigenvalue weighted by molar-refractivity contribution is -0.136. The number of fused-ring (bicyclic) bond motifs is 1. The van der Waals surface area contributed by atoms with Gasteiger partial charge in [0.15, 0.2) is 0 Å². The number of piperidine rings is 1. The van der Waals surface area contributed by atoms with Crippen LogP contribution in [0.1, 0.15) is 40.0 Å². The number of benzene rings is 1. The van der Waals surface area contributed by atoms with Gasteiger partial charge in [-0.1, -0.05) is 6.07 Å². The lowest BCUT2D eigenvalue weighted by Crippen LogP contribution is -2.54. The van der Waals surface area contributed by atoms with Crippen LogP contribution in [0.2, 0.25) is 0 Å². The van der Waals surface area contributed by atoms with Crippen LogP contribution >= 0.6 is 0 Å². The van der Waals surface area contributed by atoms with E-state index in [2.05, 4.69) is 16.0 Å². The van der Waals surface area contributed by atoms with Crippen LogP contribution in [-0.4, -0.2) is 91.3 Å². The van der Waals surface area contributed by atoms with Crippen LogP contribution in [0.4, 0.5) is 5.69 Å². The standard InChI is InChI=1S/C22H27N5O6/c28-17-5-4-16(20(30)25-17)27-21(31)14-2-1-3-15(19(14)22(27)32)24-9-13-33-12-6-18(29)26-10-7-23-8-11-26/h1-3,16,23-24H,4-13H2,(H,25,28,30). The molecule has 1 atom stereocenters. The fraction of sp³-hybridized carbons (Fsp3) is 0.500. The summed E-state index contributed by atoms with van der Waals surface area (Å²) in [6.07, 6.45) is 0.497. The molecule has 3 aliphatic rings. The van der Waals surface area contributed by atoms with Crippen molar-refractivity contribution in [2.45, 2.75) is 25.3 Å². The molecule has 0 aliphatic carbocycles. The van der Waals surface area contributed by atoms with E-state index in [4.69, 9.17) is 4.74 Å². The maximum atomic E-state index is 13.0. The quantitative estimate of drug-likeness (QED) is 0.346. The van der Waals surface area contributed by atoms with Gasteiger partial charge in [0.05, 0.1) is 30.8 Å². The Labute approximate surface area is 190 Å². The van der Waals surface area contributed by atoms with Gasteiger partial charge in [0.2, 0.25) is 17.7 Å². The molecule has 0 aromatic heterocycles. The van der Waals surface area contributed by atoms with Gasteiger partial charge in [-0.25, -0.2) is 0 Å². The maximum absolute atomic E-state index is 13.0. The largest absolute Gasteiger partial charge is 0.382 e. The van der Waals surface area contributed by atoms with E-state index in [0.29, 0.717) is 45.0 Å². The van der Waals surface area contributed by atoms with Gasteiger partial charge in [-0.3, -0.25) is 34.2 Å². The van der Waals surface area contributed by atoms with Crippen LogP contribution in [0.5, 0.6) is 0 Å². The predicted octanol–water partition coefficient (Wildman–Crippen LogP) is -0.662. The summed E-state index contributed by atoms with van der Waals surface area (Å²) in [4.78, 5) is 64.4. The number of piperazine rings is 1. The molecule has 3 aliphatic heterocycles. The van der Waals surface area contributed by atoms with Crippen molar-refractivity contribution in [2.24, 2.45) is 0 Å². The summed E-state index contributed by atoms with van der Waals surface area (Å²) in [7, 11) is 0. The minimum atomic E-state index is -1.00. The summed E-state index contributed by atoms with van der Waals surface area (Å²) >= 11 is 0. The molecule has 33 heavy (non-hydrogen) atoms. The van der Waals surface area contributed by atoms with E-state index in [1.165, 1.54) is 0 Å². The smallest absolute Gasteiger partial charge is 0.264 e. The second-order valence-electron chi connectivity index (χ2n) is 8.10. The Balaban J connectivity index is 1.29. The third kappa shape index (κ3) is 4.88. The van der Waals surface area contributed by atoms with Crippen molar-refractivity contribution >= 4 is 35.2 Å². The van der Waals surface area contributed by atoms with Gasteiger partial charge in [0.1, 0.15) is 6.04 Å². The Bertz CT molecular complexity index is 974. The molecule has 11 heteroatoms. The first-order valence-corrected chi connectivity index (χ1v) is 11.1. The number of imide groups is 2. The Hall–Kier alpha value is -3.31. The molecule has 0 spiro atoms. The fourth-order valence-electron chi connectivity index (χ4n) is 4.25. The molecule has 3 heterocycles. The number of amides is 5. The normalized spacial score (nSPS) is 20.7. The van der Waals surface area contributed by atoms with Crippen LogP contribution in [0.25, 0.3) is 0 Å². The number of anilines is 1. The van der Waals surface area contributed by atoms with Crippen LogP contribution in [0, 0.1) is 0 Å². The monoisotopic (exact) mass is 457 g/mol. The number of rotatable bonds is 8. The van der Waals surface area contributed by atoms with Crippen LogP contribution in [-0.2, 0) is 19.1 Å². The number of ether oxygens (including phenoxy) is 1. The highest BCUT2D eigenvalue weighted by Crippen LogP contribution is 2.32. The highest BCUT2D eigenvalue weighted by molar-refractivity contribution is 6.25. The number of nitrogens with one attached hydrogen (secondary N) is 3. The van der Waals surface area contributed by atoms with E-state index in [-0.39, 0.29) is 29.9 Å². The van der Waals surface area contributed by atoms with Crippen LogP contribution < -0.4 is 16.0 Å². The number of hydrogen-bond donors (Lipinski definition) is 3. The van der Waals surface area contributed by atoms with E-state index in [1.807, 2.05) is 4.90 Å². The molecule has 0 saturated carbocycles. The topological polar surface area (TPSA) is 137 Å². The zero-order chi connectivity index (χ0) is 23.4. The molecule has 1 aromatic carbocycles. The zero-order valence-corrected chi connectivity index (χ0v) is 18.2. The summed E-state index contributed by atoms with van der Waals surface area (Å²) in [5.74, 6) is -2.09. The first kappa shape index (κ1) is 22.9. The molecule has 11 nitrogen and oxygen atoms in total. The molecule has 3 N–H and O–H groups in total. The van der Waals surface area contributed by atoms with Crippen molar-refractivity contribution in [2.75, 3.05) is 51.3 Å². The molecule has 2 fully saturated rings. The van der Waals surface area contributed by atoms with Gasteiger partial charge in [-0.05, 0) is 18.6 Å². The van der Waals surface area contributed by atoms with Crippen LogP contribution in [0.15, 0.2) is 18.2 Å². The Morgan fingerprint density at radius 2 is 1.88 bits per heavy atom. The summed E-state index contributed by atoms with van der Waals surface area (Å²) in [5.41, 5.74) is 0.902. The SMILES string of the molecule is O=C1CCC(N2C(=O)c3cccc(NCCOCCC(=O)N4CCNCC4)c3C2=O)C(=O)N1. The van der Waals surface area contributed by atoms with E-state index < -0.39 is 29.7 Å². The third-order valence-electron chi connectivity index (χ3n) is 5.96. The van der Waals surface area contributed by atoms with E-state index in [1.54, 1.807) is 18.2 Å². The summed E-state index contributed by atoms with van der Waals surface area (Å²) < 4.78 is 5.55. The van der Waals surface area contributed by atoms with Crippen molar-refractivity contribution in [3.05, 3.63) is 29.3 Å². The highest BCUT2D eigenvalue weighted by atomic mass is 16.5. The lowest BCUT2D eigenvalue weighted by atomic mass is 10.0. The second kappa shape index (κ2) is 10.1. The minimum Gasteiger partial charge on any atom is -0.382 e.